The van der Waals surface area contributed by atoms with E-state index in [2.05, 4.69) is 4.98 Å². The summed E-state index contributed by atoms with van der Waals surface area (Å²) in [5, 5.41) is 0. The fourth-order valence-electron chi connectivity index (χ4n) is 1.97. The second kappa shape index (κ2) is 6.22. The summed E-state index contributed by atoms with van der Waals surface area (Å²) in [6.07, 6.45) is 0.438. The second-order valence-corrected chi connectivity index (χ2v) is 5.87. The van der Waals surface area contributed by atoms with Crippen LogP contribution in [0.3, 0.4) is 0 Å². The van der Waals surface area contributed by atoms with Gasteiger partial charge in [0, 0.05) is 12.7 Å². The van der Waals surface area contributed by atoms with Crippen molar-refractivity contribution in [2.45, 2.75) is 32.5 Å². The van der Waals surface area contributed by atoms with E-state index in [0.29, 0.717) is 18.8 Å². The molecule has 0 spiro atoms. The molecule has 0 aromatic carbocycles. The van der Waals surface area contributed by atoms with Crippen molar-refractivity contribution in [1.82, 2.24) is 9.88 Å². The number of carbonyl (C=O) groups excluding carboxylic acids is 2. The normalized spacial score (nSPS) is 19.2. The third-order valence-corrected chi connectivity index (χ3v) is 2.93. The van der Waals surface area contributed by atoms with E-state index in [1.54, 1.807) is 24.4 Å². The molecule has 1 aliphatic heterocycles. The number of carbonyl (C=O) groups is 2. The molecule has 6 heteroatoms. The zero-order valence-corrected chi connectivity index (χ0v) is 12.5. The summed E-state index contributed by atoms with van der Waals surface area (Å²) in [4.78, 5) is 29.8. The predicted molar refractivity (Wildman–Crippen MR) is 76.1 cm³/mol. The molecule has 114 valence electrons. The van der Waals surface area contributed by atoms with Crippen LogP contribution in [0.25, 0.3) is 0 Å². The average molecular weight is 292 g/mol. The van der Waals surface area contributed by atoms with E-state index in [9.17, 15) is 9.59 Å². The summed E-state index contributed by atoms with van der Waals surface area (Å²) in [5.41, 5.74) is -0.218. The second-order valence-electron chi connectivity index (χ2n) is 5.87. The lowest BCUT2D eigenvalue weighted by Gasteiger charge is -2.33. The van der Waals surface area contributed by atoms with Crippen molar-refractivity contribution in [3.05, 3.63) is 30.1 Å². The van der Waals surface area contributed by atoms with Gasteiger partial charge in [0.1, 0.15) is 17.4 Å². The zero-order chi connectivity index (χ0) is 15.5. The number of nitrogens with zero attached hydrogens (tertiary/aromatic N) is 2. The maximum Gasteiger partial charge on any atom is 0.410 e. The molecule has 1 aliphatic rings. The third kappa shape index (κ3) is 4.26. The van der Waals surface area contributed by atoms with E-state index < -0.39 is 17.8 Å². The summed E-state index contributed by atoms with van der Waals surface area (Å²) in [5.74, 6) is -0.219. The maximum atomic E-state index is 12.3. The van der Waals surface area contributed by atoms with Gasteiger partial charge in [-0.25, -0.2) is 4.79 Å². The Morgan fingerprint density at radius 1 is 1.38 bits per heavy atom. The molecule has 1 fully saturated rings. The molecule has 0 saturated carbocycles. The Morgan fingerprint density at radius 3 is 2.76 bits per heavy atom. The van der Waals surface area contributed by atoms with Gasteiger partial charge in [-0.1, -0.05) is 6.07 Å². The van der Waals surface area contributed by atoms with Gasteiger partial charge in [-0.2, -0.15) is 0 Å². The molecule has 0 radical (unpaired) electrons. The number of Topliss-reactive ketones (excluding diaryl/α,β-unsaturated/α-hetero) is 1. The van der Waals surface area contributed by atoms with Crippen molar-refractivity contribution in [2.75, 3.05) is 19.7 Å². The Kier molecular flexibility index (Phi) is 4.57. The number of amides is 1. The van der Waals surface area contributed by atoms with Crippen LogP contribution in [0.4, 0.5) is 4.79 Å². The first-order chi connectivity index (χ1) is 9.87. The van der Waals surface area contributed by atoms with Crippen LogP contribution in [-0.2, 0) is 9.47 Å². The Labute approximate surface area is 124 Å². The van der Waals surface area contributed by atoms with E-state index in [1.807, 2.05) is 20.8 Å². The number of hydrogen-bond donors (Lipinski definition) is 0. The molecule has 1 amide bonds. The molecule has 1 aromatic rings. The Morgan fingerprint density at radius 2 is 2.14 bits per heavy atom. The van der Waals surface area contributed by atoms with Crippen molar-refractivity contribution >= 4 is 11.9 Å². The molecule has 0 bridgehead atoms. The highest BCUT2D eigenvalue weighted by Gasteiger charge is 2.32. The van der Waals surface area contributed by atoms with Gasteiger partial charge >= 0.3 is 6.09 Å². The molecule has 1 aromatic heterocycles. The molecular weight excluding hydrogens is 272 g/mol. The molecule has 0 unspecified atom stereocenters. The largest absolute Gasteiger partial charge is 0.444 e. The first-order valence-corrected chi connectivity index (χ1v) is 6.91. The van der Waals surface area contributed by atoms with Crippen molar-refractivity contribution in [3.8, 4) is 0 Å². The first-order valence-electron chi connectivity index (χ1n) is 6.91. The number of aromatic nitrogens is 1. The minimum atomic E-state index is -0.693. The van der Waals surface area contributed by atoms with Gasteiger partial charge in [-0.05, 0) is 32.9 Å². The molecule has 1 saturated heterocycles. The highest BCUT2D eigenvalue weighted by molar-refractivity contribution is 5.98. The Balaban J connectivity index is 2.01. The number of pyridine rings is 1. The minimum Gasteiger partial charge on any atom is -0.444 e. The van der Waals surface area contributed by atoms with E-state index in [4.69, 9.17) is 9.47 Å². The Bertz CT molecular complexity index is 510. The maximum absolute atomic E-state index is 12.3. The molecule has 6 nitrogen and oxygen atoms in total. The molecule has 2 heterocycles. The van der Waals surface area contributed by atoms with Crippen LogP contribution in [0.1, 0.15) is 31.3 Å². The van der Waals surface area contributed by atoms with E-state index in [1.165, 1.54) is 4.90 Å². The predicted octanol–water partition coefficient (Wildman–Crippen LogP) is 1.90. The van der Waals surface area contributed by atoms with Crippen LogP contribution in [0.15, 0.2) is 24.4 Å². The highest BCUT2D eigenvalue weighted by atomic mass is 16.6. The topological polar surface area (TPSA) is 68.7 Å². The zero-order valence-electron chi connectivity index (χ0n) is 12.5. The molecule has 2 rings (SSSR count). The summed E-state index contributed by atoms with van der Waals surface area (Å²) in [6, 6.07) is 5.12. The van der Waals surface area contributed by atoms with Gasteiger partial charge in [0.25, 0.3) is 0 Å². The smallest absolute Gasteiger partial charge is 0.410 e. The van der Waals surface area contributed by atoms with Crippen LogP contribution >= 0.6 is 0 Å². The minimum absolute atomic E-state index is 0.185. The summed E-state index contributed by atoms with van der Waals surface area (Å²) in [6.45, 7) is 6.33. The average Bonchev–Trinajstić information content (AvgIpc) is 2.46. The molecular formula is C15H20N2O4. The summed E-state index contributed by atoms with van der Waals surface area (Å²) in [7, 11) is 0. The number of ketones is 1. The van der Waals surface area contributed by atoms with Gasteiger partial charge in [0.15, 0.2) is 0 Å². The SMILES string of the molecule is CC(C)(C)OC(=O)N1CCO[C@H](C(=O)c2ccccn2)C1. The van der Waals surface area contributed by atoms with E-state index in [0.717, 1.165) is 0 Å². The van der Waals surface area contributed by atoms with Crippen LogP contribution in [0.5, 0.6) is 0 Å². The van der Waals surface area contributed by atoms with Crippen molar-refractivity contribution in [2.24, 2.45) is 0 Å². The quantitative estimate of drug-likeness (QED) is 0.779. The van der Waals surface area contributed by atoms with Gasteiger partial charge in [-0.15, -0.1) is 0 Å². The number of ether oxygens (including phenoxy) is 2. The highest BCUT2D eigenvalue weighted by Crippen LogP contribution is 2.15. The Hall–Kier alpha value is -1.95. The lowest BCUT2D eigenvalue weighted by molar-refractivity contribution is -0.0322. The summed E-state index contributed by atoms with van der Waals surface area (Å²) < 4.78 is 10.8. The lowest BCUT2D eigenvalue weighted by Crippen LogP contribution is -2.50. The van der Waals surface area contributed by atoms with Crippen LogP contribution in [0, 0.1) is 0 Å². The van der Waals surface area contributed by atoms with Gasteiger partial charge in [0.05, 0.1) is 13.2 Å². The van der Waals surface area contributed by atoms with Crippen molar-refractivity contribution in [3.63, 3.8) is 0 Å². The fourth-order valence-corrected chi connectivity index (χ4v) is 1.97. The monoisotopic (exact) mass is 292 g/mol. The van der Waals surface area contributed by atoms with Gasteiger partial charge < -0.3 is 14.4 Å². The molecule has 1 atom stereocenters. The van der Waals surface area contributed by atoms with Crippen molar-refractivity contribution < 1.29 is 19.1 Å². The fraction of sp³-hybridized carbons (Fsp3) is 0.533. The summed E-state index contributed by atoms with van der Waals surface area (Å²) >= 11 is 0. The number of morpholine rings is 1. The van der Waals surface area contributed by atoms with Crippen LogP contribution in [0.2, 0.25) is 0 Å². The molecule has 21 heavy (non-hydrogen) atoms. The van der Waals surface area contributed by atoms with Crippen LogP contribution in [-0.4, -0.2) is 53.2 Å². The van der Waals surface area contributed by atoms with Gasteiger partial charge in [-0.3, -0.25) is 9.78 Å². The lowest BCUT2D eigenvalue weighted by atomic mass is 10.1. The van der Waals surface area contributed by atoms with Gasteiger partial charge in [0.2, 0.25) is 5.78 Å². The number of rotatable bonds is 2. The number of hydrogen-bond acceptors (Lipinski definition) is 5. The molecule has 0 N–H and O–H groups in total. The van der Waals surface area contributed by atoms with Crippen molar-refractivity contribution in [1.29, 1.82) is 0 Å². The standard InChI is InChI=1S/C15H20N2O4/c1-15(2,3)21-14(19)17-8-9-20-12(10-17)13(18)11-6-4-5-7-16-11/h4-7,12H,8-10H2,1-3H3/t12-/m0/s1. The van der Waals surface area contributed by atoms with Crippen LogP contribution < -0.4 is 0 Å². The molecule has 0 aliphatic carbocycles. The van der Waals surface area contributed by atoms with E-state index in [-0.39, 0.29) is 12.3 Å². The van der Waals surface area contributed by atoms with E-state index >= 15 is 0 Å². The third-order valence-electron chi connectivity index (χ3n) is 2.93. The first kappa shape index (κ1) is 15.4.